The van der Waals surface area contributed by atoms with Crippen molar-refractivity contribution < 1.29 is 9.53 Å². The number of hydrogen-bond acceptors (Lipinski definition) is 2. The number of hydrogen-bond donors (Lipinski definition) is 0. The van der Waals surface area contributed by atoms with Gasteiger partial charge in [0.15, 0.2) is 0 Å². The minimum absolute atomic E-state index is 0.0797. The first-order valence-corrected chi connectivity index (χ1v) is 6.43. The van der Waals surface area contributed by atoms with Gasteiger partial charge in [-0.05, 0) is 50.4 Å². The average Bonchev–Trinajstić information content (AvgIpc) is 2.15. The molecule has 2 heteroatoms. The summed E-state index contributed by atoms with van der Waals surface area (Å²) in [5.74, 6) is 1.57. The summed E-state index contributed by atoms with van der Waals surface area (Å²) in [5, 5.41) is 0. The molecular weight excluding hydrogens is 200 g/mol. The van der Waals surface area contributed by atoms with Crippen molar-refractivity contribution in [1.82, 2.24) is 0 Å². The third-order valence-electron chi connectivity index (χ3n) is 4.92. The van der Waals surface area contributed by atoms with Gasteiger partial charge in [-0.3, -0.25) is 4.79 Å². The van der Waals surface area contributed by atoms with Gasteiger partial charge in [0.1, 0.15) is 5.78 Å². The van der Waals surface area contributed by atoms with Gasteiger partial charge in [0.2, 0.25) is 0 Å². The van der Waals surface area contributed by atoms with Crippen LogP contribution in [0.5, 0.6) is 0 Å². The smallest absolute Gasteiger partial charge is 0.133 e. The van der Waals surface area contributed by atoms with Crippen LogP contribution >= 0.6 is 0 Å². The summed E-state index contributed by atoms with van der Waals surface area (Å²) in [6.07, 6.45) is 5.22. The second-order valence-electron chi connectivity index (χ2n) is 6.65. The number of rotatable bonds is 2. The van der Waals surface area contributed by atoms with E-state index in [1.807, 2.05) is 0 Å². The molecule has 2 rings (SSSR count). The molecule has 0 unspecified atom stereocenters. The fourth-order valence-electron chi connectivity index (χ4n) is 3.90. The highest BCUT2D eigenvalue weighted by Gasteiger charge is 2.48. The summed E-state index contributed by atoms with van der Waals surface area (Å²) >= 11 is 0. The number of ketones is 1. The van der Waals surface area contributed by atoms with Gasteiger partial charge < -0.3 is 4.74 Å². The Labute approximate surface area is 98.7 Å². The third kappa shape index (κ3) is 2.04. The summed E-state index contributed by atoms with van der Waals surface area (Å²) in [6, 6.07) is 0. The first-order valence-electron chi connectivity index (χ1n) is 6.43. The second-order valence-corrected chi connectivity index (χ2v) is 6.65. The summed E-state index contributed by atoms with van der Waals surface area (Å²) in [7, 11) is 1.79. The van der Waals surface area contributed by atoms with Gasteiger partial charge in [-0.15, -0.1) is 0 Å². The third-order valence-corrected chi connectivity index (χ3v) is 4.92. The standard InChI is InChI=1S/C14H24O2/c1-13(2,16-4)12-5-6-14(3)8-10(12)7-11(15)9-14/h10,12H,5-9H2,1-4H3/t10-,12-,14+/m1/s1. The van der Waals surface area contributed by atoms with Gasteiger partial charge >= 0.3 is 0 Å². The molecule has 0 heterocycles. The molecule has 92 valence electrons. The number of Topliss-reactive ketones (excluding diaryl/α,β-unsaturated/α-hetero) is 1. The van der Waals surface area contributed by atoms with E-state index in [0.29, 0.717) is 23.0 Å². The van der Waals surface area contributed by atoms with E-state index in [9.17, 15) is 4.79 Å². The van der Waals surface area contributed by atoms with Crippen molar-refractivity contribution in [3.63, 3.8) is 0 Å². The van der Waals surface area contributed by atoms with E-state index in [4.69, 9.17) is 4.74 Å². The van der Waals surface area contributed by atoms with Gasteiger partial charge in [-0.2, -0.15) is 0 Å². The normalized spacial score (nSPS) is 39.9. The monoisotopic (exact) mass is 224 g/mol. The quantitative estimate of drug-likeness (QED) is 0.720. The van der Waals surface area contributed by atoms with E-state index < -0.39 is 0 Å². The second kappa shape index (κ2) is 3.83. The van der Waals surface area contributed by atoms with Crippen LogP contribution in [-0.4, -0.2) is 18.5 Å². The molecule has 0 N–H and O–H groups in total. The van der Waals surface area contributed by atoms with Crippen LogP contribution in [0.15, 0.2) is 0 Å². The fourth-order valence-corrected chi connectivity index (χ4v) is 3.90. The first-order chi connectivity index (χ1) is 7.36. The molecule has 0 radical (unpaired) electrons. The lowest BCUT2D eigenvalue weighted by Gasteiger charge is -2.50. The zero-order valence-electron chi connectivity index (χ0n) is 11.0. The highest BCUT2D eigenvalue weighted by molar-refractivity contribution is 5.80. The Bertz CT molecular complexity index is 295. The Hall–Kier alpha value is -0.370. The molecule has 0 aromatic rings. The van der Waals surface area contributed by atoms with Crippen molar-refractivity contribution in [1.29, 1.82) is 0 Å². The predicted molar refractivity (Wildman–Crippen MR) is 64.3 cm³/mol. The summed E-state index contributed by atoms with van der Waals surface area (Å²) in [6.45, 7) is 6.62. The lowest BCUT2D eigenvalue weighted by Crippen LogP contribution is -2.47. The Morgan fingerprint density at radius 1 is 1.44 bits per heavy atom. The maximum atomic E-state index is 11.8. The average molecular weight is 224 g/mol. The first kappa shape index (κ1) is 12.1. The van der Waals surface area contributed by atoms with E-state index in [1.165, 1.54) is 19.3 Å². The van der Waals surface area contributed by atoms with E-state index in [0.717, 1.165) is 12.8 Å². The molecule has 2 aliphatic rings. The number of fused-ring (bicyclic) bond motifs is 2. The molecule has 2 aliphatic carbocycles. The van der Waals surface area contributed by atoms with E-state index >= 15 is 0 Å². The number of ether oxygens (including phenoxy) is 1. The van der Waals surface area contributed by atoms with Crippen molar-refractivity contribution in [3.8, 4) is 0 Å². The Balaban J connectivity index is 2.18. The maximum absolute atomic E-state index is 11.8. The zero-order valence-corrected chi connectivity index (χ0v) is 11.0. The van der Waals surface area contributed by atoms with Crippen LogP contribution in [0, 0.1) is 17.3 Å². The minimum atomic E-state index is -0.0797. The highest BCUT2D eigenvalue weighted by Crippen LogP contribution is 2.52. The van der Waals surface area contributed by atoms with Gasteiger partial charge in [-0.25, -0.2) is 0 Å². The van der Waals surface area contributed by atoms with Crippen molar-refractivity contribution in [2.45, 2.75) is 58.5 Å². The lowest BCUT2D eigenvalue weighted by atomic mass is 9.56. The van der Waals surface area contributed by atoms with Gasteiger partial charge in [0.05, 0.1) is 5.60 Å². The largest absolute Gasteiger partial charge is 0.379 e. The van der Waals surface area contributed by atoms with Crippen molar-refractivity contribution in [3.05, 3.63) is 0 Å². The molecule has 2 bridgehead atoms. The van der Waals surface area contributed by atoms with Gasteiger partial charge in [0, 0.05) is 20.0 Å². The van der Waals surface area contributed by atoms with Gasteiger partial charge in [-0.1, -0.05) is 6.92 Å². The Kier molecular flexibility index (Phi) is 2.90. The van der Waals surface area contributed by atoms with Crippen molar-refractivity contribution >= 4 is 5.78 Å². The summed E-state index contributed by atoms with van der Waals surface area (Å²) in [5.41, 5.74) is 0.212. The number of carbonyl (C=O) groups is 1. The van der Waals surface area contributed by atoms with Crippen LogP contribution in [0.3, 0.4) is 0 Å². The van der Waals surface area contributed by atoms with Crippen LogP contribution in [0.1, 0.15) is 52.9 Å². The van der Waals surface area contributed by atoms with Crippen LogP contribution < -0.4 is 0 Å². The van der Waals surface area contributed by atoms with E-state index in [2.05, 4.69) is 20.8 Å². The van der Waals surface area contributed by atoms with Crippen molar-refractivity contribution in [2.75, 3.05) is 7.11 Å². The van der Waals surface area contributed by atoms with Crippen LogP contribution in [0.25, 0.3) is 0 Å². The van der Waals surface area contributed by atoms with Crippen LogP contribution in [-0.2, 0) is 9.53 Å². The Morgan fingerprint density at radius 3 is 2.75 bits per heavy atom. The molecule has 0 saturated heterocycles. The molecule has 0 spiro atoms. The molecule has 2 fully saturated rings. The number of carbonyl (C=O) groups excluding carboxylic acids is 1. The molecule has 0 aromatic heterocycles. The molecule has 0 aliphatic heterocycles. The predicted octanol–water partition coefficient (Wildman–Crippen LogP) is 3.20. The summed E-state index contributed by atoms with van der Waals surface area (Å²) in [4.78, 5) is 11.8. The Morgan fingerprint density at radius 2 is 2.12 bits per heavy atom. The minimum Gasteiger partial charge on any atom is -0.379 e. The molecule has 16 heavy (non-hydrogen) atoms. The maximum Gasteiger partial charge on any atom is 0.133 e. The molecular formula is C14H24O2. The van der Waals surface area contributed by atoms with Crippen LogP contribution in [0.4, 0.5) is 0 Å². The molecule has 2 nitrogen and oxygen atoms in total. The SMILES string of the molecule is COC(C)(C)[C@@H]1CC[C@]2(C)CC(=O)C[C@@H]1C2. The topological polar surface area (TPSA) is 26.3 Å². The molecule has 2 saturated carbocycles. The number of methoxy groups -OCH3 is 1. The van der Waals surface area contributed by atoms with E-state index in [-0.39, 0.29) is 5.60 Å². The molecule has 0 aromatic carbocycles. The van der Waals surface area contributed by atoms with Gasteiger partial charge in [0.25, 0.3) is 0 Å². The molecule has 3 atom stereocenters. The van der Waals surface area contributed by atoms with E-state index in [1.54, 1.807) is 7.11 Å². The summed E-state index contributed by atoms with van der Waals surface area (Å²) < 4.78 is 5.63. The molecule has 0 amide bonds. The van der Waals surface area contributed by atoms with Crippen molar-refractivity contribution in [2.24, 2.45) is 17.3 Å². The fraction of sp³-hybridized carbons (Fsp3) is 0.929. The highest BCUT2D eigenvalue weighted by atomic mass is 16.5. The zero-order chi connectivity index (χ0) is 12.0. The lowest BCUT2D eigenvalue weighted by molar-refractivity contribution is -0.135. The van der Waals surface area contributed by atoms with Crippen LogP contribution in [0.2, 0.25) is 0 Å².